The number of esters is 1. The highest BCUT2D eigenvalue weighted by Gasteiger charge is 2.65. The third-order valence-electron chi connectivity index (χ3n) is 6.15. The van der Waals surface area contributed by atoms with E-state index in [0.717, 1.165) is 24.8 Å². The van der Waals surface area contributed by atoms with E-state index < -0.39 is 17.4 Å². The van der Waals surface area contributed by atoms with Gasteiger partial charge in [0.25, 0.3) is 5.79 Å². The zero-order valence-corrected chi connectivity index (χ0v) is 14.7. The van der Waals surface area contributed by atoms with Gasteiger partial charge in [-0.15, -0.1) is 0 Å². The van der Waals surface area contributed by atoms with Crippen molar-refractivity contribution in [3.63, 3.8) is 0 Å². The summed E-state index contributed by atoms with van der Waals surface area (Å²) in [6, 6.07) is 0. The summed E-state index contributed by atoms with van der Waals surface area (Å²) in [6.07, 6.45) is 4.63. The van der Waals surface area contributed by atoms with Crippen LogP contribution in [0.2, 0.25) is 0 Å². The van der Waals surface area contributed by atoms with Crippen molar-refractivity contribution in [3.8, 4) is 0 Å². The molecule has 1 saturated carbocycles. The number of rotatable bonds is 1. The third kappa shape index (κ3) is 2.22. The largest absolute Gasteiger partial charge is 0.422 e. The van der Waals surface area contributed by atoms with E-state index in [4.69, 9.17) is 4.74 Å². The van der Waals surface area contributed by atoms with E-state index in [9.17, 15) is 15.0 Å². The van der Waals surface area contributed by atoms with Gasteiger partial charge >= 0.3 is 5.97 Å². The summed E-state index contributed by atoms with van der Waals surface area (Å²) in [5.41, 5.74) is 0.817. The summed E-state index contributed by atoms with van der Waals surface area (Å²) in [5, 5.41) is 22.6. The first-order chi connectivity index (χ1) is 10.6. The lowest BCUT2D eigenvalue weighted by atomic mass is 9.70. The van der Waals surface area contributed by atoms with Crippen molar-refractivity contribution >= 4 is 5.97 Å². The molecule has 3 aliphatic rings. The SMILES string of the molecule is CC(C)=CC1CC(C)C2CCC(C)C3=C2C(O)(OC3=O)C1(C)O. The zero-order chi connectivity index (χ0) is 17.2. The maximum absolute atomic E-state index is 12.4. The number of hydrogen-bond donors (Lipinski definition) is 2. The van der Waals surface area contributed by atoms with Crippen LogP contribution >= 0.6 is 0 Å². The second-order valence-corrected chi connectivity index (χ2v) is 8.16. The molecule has 0 spiro atoms. The Bertz CT molecular complexity index is 596. The van der Waals surface area contributed by atoms with Gasteiger partial charge in [0.05, 0.1) is 0 Å². The number of aliphatic hydroxyl groups is 2. The molecular formula is C19H28O4. The van der Waals surface area contributed by atoms with Gasteiger partial charge in [-0.25, -0.2) is 4.79 Å². The van der Waals surface area contributed by atoms with Crippen LogP contribution in [0.1, 0.15) is 53.9 Å². The quantitative estimate of drug-likeness (QED) is 0.576. The molecule has 0 bridgehead atoms. The molecule has 3 rings (SSSR count). The molecule has 2 N–H and O–H groups in total. The predicted molar refractivity (Wildman–Crippen MR) is 87.3 cm³/mol. The summed E-state index contributed by atoms with van der Waals surface area (Å²) in [6.45, 7) is 9.73. The second-order valence-electron chi connectivity index (χ2n) is 8.16. The van der Waals surface area contributed by atoms with Crippen molar-refractivity contribution in [2.75, 3.05) is 0 Å². The van der Waals surface area contributed by atoms with Gasteiger partial charge in [-0.05, 0) is 57.8 Å². The fraction of sp³-hybridized carbons (Fsp3) is 0.737. The summed E-state index contributed by atoms with van der Waals surface area (Å²) in [5.74, 6) is -2.16. The van der Waals surface area contributed by atoms with Crippen LogP contribution in [0.15, 0.2) is 22.8 Å². The number of ether oxygens (including phenoxy) is 1. The zero-order valence-electron chi connectivity index (χ0n) is 14.7. The molecule has 4 heteroatoms. The van der Waals surface area contributed by atoms with Crippen molar-refractivity contribution < 1.29 is 19.7 Å². The Hall–Kier alpha value is -1.13. The first-order valence-electron chi connectivity index (χ1n) is 8.67. The van der Waals surface area contributed by atoms with Crippen molar-refractivity contribution in [3.05, 3.63) is 22.8 Å². The van der Waals surface area contributed by atoms with Gasteiger partial charge < -0.3 is 14.9 Å². The topological polar surface area (TPSA) is 66.8 Å². The standard InChI is InChI=1S/C19H28O4/c1-10(2)8-13-9-12(4)14-7-6-11(3)15-16(14)19(22,18(13,5)21)23-17(15)20/h8,11-14,21-22H,6-7,9H2,1-5H3. The van der Waals surface area contributed by atoms with E-state index in [0.29, 0.717) is 11.1 Å². The van der Waals surface area contributed by atoms with Crippen LogP contribution in [-0.4, -0.2) is 27.6 Å². The van der Waals surface area contributed by atoms with Gasteiger partial charge in [0.2, 0.25) is 0 Å². The van der Waals surface area contributed by atoms with Crippen molar-refractivity contribution in [1.29, 1.82) is 0 Å². The highest BCUT2D eigenvalue weighted by Crippen LogP contribution is 2.57. The van der Waals surface area contributed by atoms with Crippen LogP contribution in [0.3, 0.4) is 0 Å². The molecule has 2 aliphatic carbocycles. The van der Waals surface area contributed by atoms with Crippen LogP contribution in [0.25, 0.3) is 0 Å². The average Bonchev–Trinajstić information content (AvgIpc) is 2.69. The maximum Gasteiger partial charge on any atom is 0.337 e. The van der Waals surface area contributed by atoms with Gasteiger partial charge in [0.1, 0.15) is 5.60 Å². The first kappa shape index (κ1) is 16.7. The number of carbonyl (C=O) groups excluding carboxylic acids is 1. The maximum atomic E-state index is 12.4. The lowest BCUT2D eigenvalue weighted by molar-refractivity contribution is -0.261. The Kier molecular flexibility index (Phi) is 3.77. The Morgan fingerprint density at radius 3 is 2.52 bits per heavy atom. The van der Waals surface area contributed by atoms with Crippen molar-refractivity contribution in [2.24, 2.45) is 23.7 Å². The van der Waals surface area contributed by atoms with Crippen LogP contribution in [0.4, 0.5) is 0 Å². The molecule has 0 saturated heterocycles. The molecule has 1 heterocycles. The lowest BCUT2D eigenvalue weighted by Crippen LogP contribution is -2.57. The van der Waals surface area contributed by atoms with E-state index in [-0.39, 0.29) is 23.7 Å². The van der Waals surface area contributed by atoms with Crippen LogP contribution < -0.4 is 0 Å². The highest BCUT2D eigenvalue weighted by atomic mass is 16.7. The minimum Gasteiger partial charge on any atom is -0.422 e. The molecule has 4 nitrogen and oxygen atoms in total. The van der Waals surface area contributed by atoms with Crippen LogP contribution in [-0.2, 0) is 9.53 Å². The summed E-state index contributed by atoms with van der Waals surface area (Å²) in [7, 11) is 0. The molecule has 0 radical (unpaired) electrons. The molecule has 6 atom stereocenters. The van der Waals surface area contributed by atoms with Gasteiger partial charge in [-0.3, -0.25) is 0 Å². The van der Waals surface area contributed by atoms with E-state index in [2.05, 4.69) is 6.92 Å². The van der Waals surface area contributed by atoms with Crippen molar-refractivity contribution in [2.45, 2.75) is 65.3 Å². The lowest BCUT2D eigenvalue weighted by Gasteiger charge is -2.42. The fourth-order valence-corrected chi connectivity index (χ4v) is 4.80. The molecule has 0 aromatic heterocycles. The molecule has 0 aromatic rings. The molecule has 0 amide bonds. The van der Waals surface area contributed by atoms with Crippen LogP contribution in [0, 0.1) is 23.7 Å². The summed E-state index contributed by atoms with van der Waals surface area (Å²) < 4.78 is 5.46. The Labute approximate surface area is 138 Å². The monoisotopic (exact) mass is 320 g/mol. The molecule has 1 fully saturated rings. The Balaban J connectivity index is 2.22. The van der Waals surface area contributed by atoms with Crippen molar-refractivity contribution in [1.82, 2.24) is 0 Å². The van der Waals surface area contributed by atoms with Gasteiger partial charge in [-0.2, -0.15) is 0 Å². The van der Waals surface area contributed by atoms with E-state index in [1.165, 1.54) is 0 Å². The van der Waals surface area contributed by atoms with Gasteiger partial charge in [-0.1, -0.05) is 25.5 Å². The smallest absolute Gasteiger partial charge is 0.337 e. The van der Waals surface area contributed by atoms with E-state index in [1.54, 1.807) is 6.92 Å². The number of hydrogen-bond acceptors (Lipinski definition) is 4. The molecule has 128 valence electrons. The molecule has 6 unspecified atom stereocenters. The fourth-order valence-electron chi connectivity index (χ4n) is 4.80. The molecule has 1 aliphatic heterocycles. The molecule has 23 heavy (non-hydrogen) atoms. The Morgan fingerprint density at radius 1 is 1.26 bits per heavy atom. The van der Waals surface area contributed by atoms with Gasteiger partial charge in [0.15, 0.2) is 0 Å². The summed E-state index contributed by atoms with van der Waals surface area (Å²) >= 11 is 0. The molecular weight excluding hydrogens is 292 g/mol. The predicted octanol–water partition coefficient (Wildman–Crippen LogP) is 2.95. The Morgan fingerprint density at radius 2 is 1.91 bits per heavy atom. The number of carbonyl (C=O) groups is 1. The van der Waals surface area contributed by atoms with E-state index >= 15 is 0 Å². The molecule has 0 aromatic carbocycles. The van der Waals surface area contributed by atoms with Gasteiger partial charge in [0, 0.05) is 17.1 Å². The van der Waals surface area contributed by atoms with Crippen LogP contribution in [0.5, 0.6) is 0 Å². The van der Waals surface area contributed by atoms with E-state index in [1.807, 2.05) is 26.8 Å². The summed E-state index contributed by atoms with van der Waals surface area (Å²) in [4.78, 5) is 12.4. The number of allylic oxidation sites excluding steroid dienone is 1. The first-order valence-corrected chi connectivity index (χ1v) is 8.67. The normalized spacial score (nSPS) is 46.1. The second kappa shape index (κ2) is 5.18. The minimum absolute atomic E-state index is 0.0748. The average molecular weight is 320 g/mol. The third-order valence-corrected chi connectivity index (χ3v) is 6.15. The minimum atomic E-state index is -1.90. The highest BCUT2D eigenvalue weighted by molar-refractivity contribution is 5.94.